The van der Waals surface area contributed by atoms with E-state index in [9.17, 15) is 13.2 Å². The minimum absolute atomic E-state index is 0.145. The van der Waals surface area contributed by atoms with Gasteiger partial charge in [-0.3, -0.25) is 4.79 Å². The number of benzene rings is 2. The van der Waals surface area contributed by atoms with E-state index in [2.05, 4.69) is 10.0 Å². The number of amides is 1. The van der Waals surface area contributed by atoms with E-state index in [-0.39, 0.29) is 16.7 Å². The zero-order valence-electron chi connectivity index (χ0n) is 13.8. The van der Waals surface area contributed by atoms with Crippen molar-refractivity contribution >= 4 is 15.9 Å². The van der Waals surface area contributed by atoms with Crippen LogP contribution in [-0.2, 0) is 21.4 Å². The Morgan fingerprint density at radius 2 is 1.50 bits per heavy atom. The lowest BCUT2D eigenvalue weighted by Crippen LogP contribution is -2.49. The smallest absolute Gasteiger partial charge is 0.241 e. The van der Waals surface area contributed by atoms with Crippen molar-refractivity contribution in [2.45, 2.75) is 31.3 Å². The second-order valence-corrected chi connectivity index (χ2v) is 7.57. The Balaban J connectivity index is 2.07. The molecule has 24 heavy (non-hydrogen) atoms. The SMILES string of the molecule is CC(C)[C@@H](NS(=O)(=O)c1ccccc1)C(=O)NCc1ccccc1. The normalized spacial score (nSPS) is 12.8. The second-order valence-electron chi connectivity index (χ2n) is 5.86. The molecule has 1 atom stereocenters. The van der Waals surface area contributed by atoms with Gasteiger partial charge in [-0.2, -0.15) is 4.72 Å². The quantitative estimate of drug-likeness (QED) is 0.808. The molecule has 0 aliphatic heterocycles. The van der Waals surface area contributed by atoms with Crippen molar-refractivity contribution in [3.63, 3.8) is 0 Å². The third-order valence-corrected chi connectivity index (χ3v) is 5.05. The summed E-state index contributed by atoms with van der Waals surface area (Å²) in [5.41, 5.74) is 0.958. The molecular formula is C18H22N2O3S. The van der Waals surface area contributed by atoms with Gasteiger partial charge in [-0.05, 0) is 23.6 Å². The minimum atomic E-state index is -3.74. The summed E-state index contributed by atoms with van der Waals surface area (Å²) in [6.07, 6.45) is 0. The van der Waals surface area contributed by atoms with E-state index in [4.69, 9.17) is 0 Å². The number of hydrogen-bond acceptors (Lipinski definition) is 3. The zero-order chi connectivity index (χ0) is 17.6. The lowest BCUT2D eigenvalue weighted by Gasteiger charge is -2.21. The van der Waals surface area contributed by atoms with Crippen LogP contribution in [0.15, 0.2) is 65.6 Å². The minimum Gasteiger partial charge on any atom is -0.351 e. The molecular weight excluding hydrogens is 324 g/mol. The maximum Gasteiger partial charge on any atom is 0.241 e. The average molecular weight is 346 g/mol. The van der Waals surface area contributed by atoms with E-state index in [1.54, 1.807) is 32.0 Å². The molecule has 2 aromatic carbocycles. The highest BCUT2D eigenvalue weighted by Crippen LogP contribution is 2.11. The first kappa shape index (κ1) is 18.2. The highest BCUT2D eigenvalue weighted by Gasteiger charge is 2.28. The van der Waals surface area contributed by atoms with Crippen molar-refractivity contribution in [2.75, 3.05) is 0 Å². The maximum atomic E-state index is 12.4. The summed E-state index contributed by atoms with van der Waals surface area (Å²) in [5.74, 6) is -0.521. The first-order valence-electron chi connectivity index (χ1n) is 7.79. The first-order chi connectivity index (χ1) is 11.4. The molecule has 0 radical (unpaired) electrons. The van der Waals surface area contributed by atoms with E-state index >= 15 is 0 Å². The number of sulfonamides is 1. The molecule has 0 bridgehead atoms. The molecule has 128 valence electrons. The molecule has 0 spiro atoms. The second kappa shape index (κ2) is 8.08. The number of carbonyl (C=O) groups excluding carboxylic acids is 1. The molecule has 0 aromatic heterocycles. The van der Waals surface area contributed by atoms with Crippen LogP contribution < -0.4 is 10.0 Å². The lowest BCUT2D eigenvalue weighted by atomic mass is 10.0. The summed E-state index contributed by atoms with van der Waals surface area (Å²) in [7, 11) is -3.74. The van der Waals surface area contributed by atoms with Crippen LogP contribution in [0.5, 0.6) is 0 Å². The molecule has 0 unspecified atom stereocenters. The number of nitrogens with one attached hydrogen (secondary N) is 2. The van der Waals surface area contributed by atoms with Gasteiger partial charge >= 0.3 is 0 Å². The first-order valence-corrected chi connectivity index (χ1v) is 9.27. The van der Waals surface area contributed by atoms with Gasteiger partial charge in [0, 0.05) is 6.54 Å². The van der Waals surface area contributed by atoms with Gasteiger partial charge < -0.3 is 5.32 Å². The summed E-state index contributed by atoms with van der Waals surface area (Å²) in [5, 5.41) is 2.79. The standard InChI is InChI=1S/C18H22N2O3S/c1-14(2)17(18(21)19-13-15-9-5-3-6-10-15)20-24(22,23)16-11-7-4-8-12-16/h3-12,14,17,20H,13H2,1-2H3,(H,19,21)/t17-/m1/s1. The van der Waals surface area contributed by atoms with Crippen LogP contribution in [-0.4, -0.2) is 20.4 Å². The van der Waals surface area contributed by atoms with E-state index in [1.165, 1.54) is 12.1 Å². The van der Waals surface area contributed by atoms with Crippen LogP contribution in [0.1, 0.15) is 19.4 Å². The fourth-order valence-corrected chi connectivity index (χ4v) is 3.59. The molecule has 0 saturated carbocycles. The van der Waals surface area contributed by atoms with Crippen molar-refractivity contribution in [3.05, 3.63) is 66.2 Å². The van der Waals surface area contributed by atoms with Gasteiger partial charge in [-0.15, -0.1) is 0 Å². The molecule has 0 fully saturated rings. The van der Waals surface area contributed by atoms with Crippen LogP contribution in [0.2, 0.25) is 0 Å². The van der Waals surface area contributed by atoms with Gasteiger partial charge in [0.1, 0.15) is 6.04 Å². The van der Waals surface area contributed by atoms with Crippen LogP contribution in [0.25, 0.3) is 0 Å². The number of rotatable bonds is 7. The molecule has 6 heteroatoms. The van der Waals surface area contributed by atoms with Crippen molar-refractivity contribution in [2.24, 2.45) is 5.92 Å². The summed E-state index contributed by atoms with van der Waals surface area (Å²) < 4.78 is 27.4. The van der Waals surface area contributed by atoms with Crippen LogP contribution in [0.3, 0.4) is 0 Å². The van der Waals surface area contributed by atoms with Gasteiger partial charge in [-0.25, -0.2) is 8.42 Å². The molecule has 5 nitrogen and oxygen atoms in total. The third-order valence-electron chi connectivity index (χ3n) is 3.59. The summed E-state index contributed by atoms with van der Waals surface area (Å²) in [4.78, 5) is 12.6. The Morgan fingerprint density at radius 1 is 0.958 bits per heavy atom. The molecule has 2 rings (SSSR count). The third kappa shape index (κ3) is 4.91. The number of carbonyl (C=O) groups is 1. The van der Waals surface area contributed by atoms with Crippen molar-refractivity contribution in [3.8, 4) is 0 Å². The van der Waals surface area contributed by atoms with Crippen molar-refractivity contribution < 1.29 is 13.2 Å². The average Bonchev–Trinajstić information content (AvgIpc) is 2.59. The van der Waals surface area contributed by atoms with E-state index < -0.39 is 16.1 Å². The van der Waals surface area contributed by atoms with Gasteiger partial charge in [-0.1, -0.05) is 62.4 Å². The van der Waals surface area contributed by atoms with E-state index in [0.717, 1.165) is 5.56 Å². The lowest BCUT2D eigenvalue weighted by molar-refractivity contribution is -0.123. The predicted octanol–water partition coefficient (Wildman–Crippen LogP) is 2.31. The Bertz CT molecular complexity index is 759. The Morgan fingerprint density at radius 3 is 2.04 bits per heavy atom. The van der Waals surface area contributed by atoms with E-state index in [0.29, 0.717) is 6.54 Å². The molecule has 0 aliphatic rings. The fourth-order valence-electron chi connectivity index (χ4n) is 2.22. The zero-order valence-corrected chi connectivity index (χ0v) is 14.6. The highest BCUT2D eigenvalue weighted by atomic mass is 32.2. The molecule has 0 saturated heterocycles. The summed E-state index contributed by atoms with van der Waals surface area (Å²) in [6, 6.07) is 16.7. The van der Waals surface area contributed by atoms with Gasteiger partial charge in [0.2, 0.25) is 15.9 Å². The van der Waals surface area contributed by atoms with E-state index in [1.807, 2.05) is 30.3 Å². The molecule has 0 heterocycles. The van der Waals surface area contributed by atoms with Crippen molar-refractivity contribution in [1.29, 1.82) is 0 Å². The Kier molecular flexibility index (Phi) is 6.11. The Hall–Kier alpha value is -2.18. The topological polar surface area (TPSA) is 75.3 Å². The molecule has 1 amide bonds. The van der Waals surface area contributed by atoms with Gasteiger partial charge in [0.25, 0.3) is 0 Å². The van der Waals surface area contributed by atoms with Gasteiger partial charge in [0.05, 0.1) is 4.90 Å². The summed E-state index contributed by atoms with van der Waals surface area (Å²) in [6.45, 7) is 3.97. The van der Waals surface area contributed by atoms with Crippen LogP contribution in [0, 0.1) is 5.92 Å². The fraction of sp³-hybridized carbons (Fsp3) is 0.278. The molecule has 0 aliphatic carbocycles. The largest absolute Gasteiger partial charge is 0.351 e. The highest BCUT2D eigenvalue weighted by molar-refractivity contribution is 7.89. The molecule has 2 aromatic rings. The van der Waals surface area contributed by atoms with Crippen LogP contribution in [0.4, 0.5) is 0 Å². The Labute approximate surface area is 143 Å². The molecule has 2 N–H and O–H groups in total. The maximum absolute atomic E-state index is 12.4. The number of hydrogen-bond donors (Lipinski definition) is 2. The van der Waals surface area contributed by atoms with Crippen LogP contribution >= 0.6 is 0 Å². The van der Waals surface area contributed by atoms with Gasteiger partial charge in [0.15, 0.2) is 0 Å². The summed E-state index contributed by atoms with van der Waals surface area (Å²) >= 11 is 0. The van der Waals surface area contributed by atoms with Crippen molar-refractivity contribution in [1.82, 2.24) is 10.0 Å². The monoisotopic (exact) mass is 346 g/mol. The predicted molar refractivity (Wildman–Crippen MR) is 93.7 cm³/mol.